The van der Waals surface area contributed by atoms with Crippen LogP contribution in [0.15, 0.2) is 0 Å². The van der Waals surface area contributed by atoms with Crippen molar-refractivity contribution in [3.05, 3.63) is 0 Å². The summed E-state index contributed by atoms with van der Waals surface area (Å²) in [6.07, 6.45) is 15.0. The molecule has 0 aromatic carbocycles. The number of likely N-dealkylation sites (N-methyl/N-ethyl adjacent to an activating group) is 2. The van der Waals surface area contributed by atoms with E-state index in [-0.39, 0.29) is 0 Å². The molecule has 2 nitrogen and oxygen atoms in total. The van der Waals surface area contributed by atoms with E-state index in [4.69, 9.17) is 0 Å². The lowest BCUT2D eigenvalue weighted by molar-refractivity contribution is 0.0864. The lowest BCUT2D eigenvalue weighted by atomic mass is 9.80. The smallest absolute Gasteiger partial charge is 0.0351 e. The molecule has 0 rings (SSSR count). The van der Waals surface area contributed by atoms with Gasteiger partial charge in [0.1, 0.15) is 0 Å². The van der Waals surface area contributed by atoms with E-state index in [9.17, 15) is 0 Å². The van der Waals surface area contributed by atoms with Crippen LogP contribution in [0.3, 0.4) is 0 Å². The van der Waals surface area contributed by atoms with Gasteiger partial charge < -0.3 is 10.2 Å². The molecule has 0 amide bonds. The minimum Gasteiger partial charge on any atom is -0.315 e. The Labute approximate surface area is 135 Å². The van der Waals surface area contributed by atoms with Gasteiger partial charge in [-0.05, 0) is 40.4 Å². The first-order valence-corrected chi connectivity index (χ1v) is 9.43. The lowest BCUT2D eigenvalue weighted by Crippen LogP contribution is -2.57. The van der Waals surface area contributed by atoms with Gasteiger partial charge in [0.05, 0.1) is 0 Å². The Morgan fingerprint density at radius 3 is 1.67 bits per heavy atom. The van der Waals surface area contributed by atoms with Crippen molar-refractivity contribution in [1.29, 1.82) is 0 Å². The van der Waals surface area contributed by atoms with E-state index in [1.807, 2.05) is 0 Å². The topological polar surface area (TPSA) is 15.3 Å². The number of hydrogen-bond acceptors (Lipinski definition) is 2. The van der Waals surface area contributed by atoms with Crippen molar-refractivity contribution < 1.29 is 0 Å². The summed E-state index contributed by atoms with van der Waals surface area (Å²) in [6.45, 7) is 6.96. The molecule has 0 saturated heterocycles. The molecule has 128 valence electrons. The van der Waals surface area contributed by atoms with Crippen molar-refractivity contribution in [2.75, 3.05) is 21.1 Å². The van der Waals surface area contributed by atoms with Crippen molar-refractivity contribution >= 4 is 0 Å². The second-order valence-electron chi connectivity index (χ2n) is 6.81. The number of rotatable bonds is 14. The summed E-state index contributed by atoms with van der Waals surface area (Å²) in [6, 6.07) is 0.614. The number of unbranched alkanes of at least 4 members (excludes halogenated alkanes) is 7. The maximum atomic E-state index is 3.60. The van der Waals surface area contributed by atoms with Crippen LogP contribution in [0.4, 0.5) is 0 Å². The van der Waals surface area contributed by atoms with E-state index in [2.05, 4.69) is 52.1 Å². The van der Waals surface area contributed by atoms with Crippen molar-refractivity contribution in [3.63, 3.8) is 0 Å². The minimum absolute atomic E-state index is 0.315. The summed E-state index contributed by atoms with van der Waals surface area (Å²) >= 11 is 0. The maximum absolute atomic E-state index is 3.60. The van der Waals surface area contributed by atoms with Crippen LogP contribution >= 0.6 is 0 Å². The standard InChI is InChI=1S/C19H42N2/c1-7-10-11-12-13-14-15-16-17-18(20-4)19(8-2,9-3)21(5)6/h18,20H,7-17H2,1-6H3. The minimum atomic E-state index is 0.315. The summed E-state index contributed by atoms with van der Waals surface area (Å²) < 4.78 is 0. The van der Waals surface area contributed by atoms with E-state index in [1.165, 1.54) is 70.6 Å². The molecule has 0 aliphatic heterocycles. The first-order valence-electron chi connectivity index (χ1n) is 9.43. The fourth-order valence-electron chi connectivity index (χ4n) is 3.85. The van der Waals surface area contributed by atoms with Gasteiger partial charge >= 0.3 is 0 Å². The largest absolute Gasteiger partial charge is 0.315 e. The molecule has 0 fully saturated rings. The zero-order valence-corrected chi connectivity index (χ0v) is 15.8. The van der Waals surface area contributed by atoms with Crippen LogP contribution < -0.4 is 5.32 Å². The third-order valence-corrected chi connectivity index (χ3v) is 5.46. The molecule has 0 aromatic heterocycles. The van der Waals surface area contributed by atoms with Crippen LogP contribution in [0.2, 0.25) is 0 Å². The normalized spacial score (nSPS) is 13.9. The average Bonchev–Trinajstić information content (AvgIpc) is 2.49. The quantitative estimate of drug-likeness (QED) is 0.442. The molecule has 1 unspecified atom stereocenters. The summed E-state index contributed by atoms with van der Waals surface area (Å²) in [7, 11) is 6.62. The average molecular weight is 299 g/mol. The molecule has 0 bridgehead atoms. The first kappa shape index (κ1) is 20.9. The molecular weight excluding hydrogens is 256 g/mol. The van der Waals surface area contributed by atoms with Gasteiger partial charge in [-0.25, -0.2) is 0 Å². The predicted octanol–water partition coefficient (Wildman–Crippen LogP) is 5.23. The highest BCUT2D eigenvalue weighted by Gasteiger charge is 2.36. The van der Waals surface area contributed by atoms with E-state index in [1.54, 1.807) is 0 Å². The highest BCUT2D eigenvalue weighted by molar-refractivity contribution is 4.96. The molecule has 0 saturated carbocycles. The van der Waals surface area contributed by atoms with Gasteiger partial charge in [0, 0.05) is 11.6 Å². The monoisotopic (exact) mass is 298 g/mol. The van der Waals surface area contributed by atoms with Gasteiger partial charge in [0.25, 0.3) is 0 Å². The Balaban J connectivity index is 4.03. The van der Waals surface area contributed by atoms with Gasteiger partial charge in [0.15, 0.2) is 0 Å². The number of hydrogen-bond donors (Lipinski definition) is 1. The third-order valence-electron chi connectivity index (χ3n) is 5.46. The van der Waals surface area contributed by atoms with Crippen molar-refractivity contribution in [2.45, 2.75) is 103 Å². The van der Waals surface area contributed by atoms with Crippen LogP contribution in [-0.4, -0.2) is 37.6 Å². The highest BCUT2D eigenvalue weighted by atomic mass is 15.2. The first-order chi connectivity index (χ1) is 10.1. The molecule has 0 aromatic rings. The van der Waals surface area contributed by atoms with E-state index >= 15 is 0 Å². The van der Waals surface area contributed by atoms with Gasteiger partial charge in [-0.2, -0.15) is 0 Å². The molecule has 0 aliphatic carbocycles. The fraction of sp³-hybridized carbons (Fsp3) is 1.00. The molecule has 0 radical (unpaired) electrons. The third kappa shape index (κ3) is 7.15. The van der Waals surface area contributed by atoms with Crippen LogP contribution in [0.1, 0.15) is 91.4 Å². The lowest BCUT2D eigenvalue weighted by Gasteiger charge is -2.45. The van der Waals surface area contributed by atoms with Crippen molar-refractivity contribution in [3.8, 4) is 0 Å². The van der Waals surface area contributed by atoms with Crippen molar-refractivity contribution in [2.24, 2.45) is 0 Å². The number of nitrogens with one attached hydrogen (secondary N) is 1. The molecule has 0 aliphatic rings. The van der Waals surface area contributed by atoms with E-state index in [0.29, 0.717) is 11.6 Å². The Bertz CT molecular complexity index is 222. The summed E-state index contributed by atoms with van der Waals surface area (Å²) in [5.74, 6) is 0. The fourth-order valence-corrected chi connectivity index (χ4v) is 3.85. The highest BCUT2D eigenvalue weighted by Crippen LogP contribution is 2.28. The molecule has 0 spiro atoms. The number of nitrogens with zero attached hydrogens (tertiary/aromatic N) is 1. The maximum Gasteiger partial charge on any atom is 0.0351 e. The van der Waals surface area contributed by atoms with Crippen LogP contribution in [-0.2, 0) is 0 Å². The predicted molar refractivity (Wildman–Crippen MR) is 97.1 cm³/mol. The molecule has 21 heavy (non-hydrogen) atoms. The van der Waals surface area contributed by atoms with Crippen LogP contribution in [0, 0.1) is 0 Å². The molecule has 1 N–H and O–H groups in total. The zero-order chi connectivity index (χ0) is 16.1. The molecule has 2 heteroatoms. The van der Waals surface area contributed by atoms with Gasteiger partial charge in [0.2, 0.25) is 0 Å². The summed E-state index contributed by atoms with van der Waals surface area (Å²) in [4.78, 5) is 2.44. The second-order valence-corrected chi connectivity index (χ2v) is 6.81. The Morgan fingerprint density at radius 1 is 0.810 bits per heavy atom. The molecular formula is C19H42N2. The van der Waals surface area contributed by atoms with Crippen molar-refractivity contribution in [1.82, 2.24) is 10.2 Å². The van der Waals surface area contributed by atoms with Gasteiger partial charge in [-0.15, -0.1) is 0 Å². The molecule has 1 atom stereocenters. The van der Waals surface area contributed by atoms with E-state index < -0.39 is 0 Å². The van der Waals surface area contributed by atoms with Gasteiger partial charge in [-0.1, -0.05) is 72.1 Å². The SMILES string of the molecule is CCCCCCCCCCC(NC)C(CC)(CC)N(C)C. The van der Waals surface area contributed by atoms with Crippen LogP contribution in [0.25, 0.3) is 0 Å². The van der Waals surface area contributed by atoms with Crippen LogP contribution in [0.5, 0.6) is 0 Å². The summed E-state index contributed by atoms with van der Waals surface area (Å²) in [5, 5.41) is 3.60. The van der Waals surface area contributed by atoms with Gasteiger partial charge in [-0.3, -0.25) is 0 Å². The second kappa shape index (κ2) is 12.5. The molecule has 0 heterocycles. The Hall–Kier alpha value is -0.0800. The summed E-state index contributed by atoms with van der Waals surface area (Å²) in [5.41, 5.74) is 0.315. The zero-order valence-electron chi connectivity index (χ0n) is 15.8. The van der Waals surface area contributed by atoms with E-state index in [0.717, 1.165) is 0 Å². The Kier molecular flexibility index (Phi) is 12.4. The Morgan fingerprint density at radius 2 is 1.29 bits per heavy atom.